The van der Waals surface area contributed by atoms with E-state index in [1.807, 2.05) is 41.9 Å². The summed E-state index contributed by atoms with van der Waals surface area (Å²) < 4.78 is 49.8. The van der Waals surface area contributed by atoms with E-state index in [1.165, 1.54) is 23.9 Å². The van der Waals surface area contributed by atoms with Gasteiger partial charge in [0.15, 0.2) is 5.16 Å². The molecule has 0 aliphatic carbocycles. The van der Waals surface area contributed by atoms with E-state index in [0.29, 0.717) is 10.8 Å². The van der Waals surface area contributed by atoms with Crippen LogP contribution in [-0.2, 0) is 21.7 Å². The second kappa shape index (κ2) is 8.75. The number of hydrogen-bond donors (Lipinski definition) is 1. The molecule has 10 heteroatoms. The monoisotopic (exact) mass is 437 g/mol. The van der Waals surface area contributed by atoms with E-state index in [-0.39, 0.29) is 11.7 Å². The average molecular weight is 437 g/mol. The van der Waals surface area contributed by atoms with Gasteiger partial charge in [0.2, 0.25) is 15.7 Å². The summed E-state index contributed by atoms with van der Waals surface area (Å²) in [6, 6.07) is 14.3. The summed E-state index contributed by atoms with van der Waals surface area (Å²) in [7, 11) is -2.80. The number of benzene rings is 2. The molecule has 152 valence electrons. The SMILES string of the molecule is Cn1c(-c2ccccc2)cnc1SCC(=O)Nc1ccc(S(=O)(=O)C(F)F)cc1. The van der Waals surface area contributed by atoms with Crippen molar-refractivity contribution in [2.24, 2.45) is 7.05 Å². The Bertz CT molecular complexity index is 1100. The minimum Gasteiger partial charge on any atom is -0.325 e. The molecule has 0 fully saturated rings. The summed E-state index contributed by atoms with van der Waals surface area (Å²) >= 11 is 1.25. The molecule has 0 unspecified atom stereocenters. The van der Waals surface area contributed by atoms with Crippen molar-refractivity contribution in [1.29, 1.82) is 0 Å². The number of amides is 1. The molecule has 29 heavy (non-hydrogen) atoms. The van der Waals surface area contributed by atoms with Crippen molar-refractivity contribution < 1.29 is 22.0 Å². The number of nitrogens with zero attached hydrogens (tertiary/aromatic N) is 2. The van der Waals surface area contributed by atoms with Crippen LogP contribution in [0.1, 0.15) is 0 Å². The third kappa shape index (κ3) is 4.83. The lowest BCUT2D eigenvalue weighted by Gasteiger charge is -2.08. The highest BCUT2D eigenvalue weighted by molar-refractivity contribution is 7.99. The molecule has 0 aliphatic heterocycles. The minimum absolute atomic E-state index is 0.0795. The van der Waals surface area contributed by atoms with Gasteiger partial charge in [-0.05, 0) is 29.8 Å². The summed E-state index contributed by atoms with van der Waals surface area (Å²) in [4.78, 5) is 16.0. The van der Waals surface area contributed by atoms with Gasteiger partial charge in [-0.15, -0.1) is 0 Å². The molecule has 2 aromatic carbocycles. The summed E-state index contributed by atoms with van der Waals surface area (Å²) in [5, 5.41) is 3.26. The number of sulfone groups is 1. The quantitative estimate of drug-likeness (QED) is 0.569. The Morgan fingerprint density at radius 3 is 2.41 bits per heavy atom. The first-order valence-electron chi connectivity index (χ1n) is 8.41. The molecule has 0 saturated carbocycles. The molecule has 1 aromatic heterocycles. The molecular formula is C19H17F2N3O3S2. The first-order chi connectivity index (χ1) is 13.8. The zero-order chi connectivity index (χ0) is 21.0. The minimum atomic E-state index is -4.65. The van der Waals surface area contributed by atoms with E-state index in [2.05, 4.69) is 10.3 Å². The number of carbonyl (C=O) groups excluding carboxylic acids is 1. The van der Waals surface area contributed by atoms with Crippen LogP contribution in [0.15, 0.2) is 70.8 Å². The maximum atomic E-state index is 12.5. The topological polar surface area (TPSA) is 81.1 Å². The normalized spacial score (nSPS) is 11.6. The summed E-state index contributed by atoms with van der Waals surface area (Å²) in [6.07, 6.45) is 1.73. The van der Waals surface area contributed by atoms with Crippen LogP contribution in [0.4, 0.5) is 14.5 Å². The molecule has 0 bridgehead atoms. The molecule has 3 rings (SSSR count). The number of nitrogens with one attached hydrogen (secondary N) is 1. The molecule has 0 radical (unpaired) electrons. The number of hydrogen-bond acceptors (Lipinski definition) is 5. The van der Waals surface area contributed by atoms with Gasteiger partial charge in [-0.2, -0.15) is 8.78 Å². The number of anilines is 1. The fourth-order valence-corrected chi connectivity index (χ4v) is 4.03. The molecule has 0 spiro atoms. The number of alkyl halides is 2. The van der Waals surface area contributed by atoms with E-state index in [9.17, 15) is 22.0 Å². The fraction of sp³-hybridized carbons (Fsp3) is 0.158. The number of halogens is 2. The molecule has 0 aliphatic rings. The van der Waals surface area contributed by atoms with Crippen LogP contribution in [0.5, 0.6) is 0 Å². The van der Waals surface area contributed by atoms with E-state index < -0.39 is 20.5 Å². The van der Waals surface area contributed by atoms with Crippen molar-refractivity contribution >= 4 is 33.2 Å². The number of aromatic nitrogens is 2. The molecule has 1 N–H and O–H groups in total. The molecule has 1 heterocycles. The summed E-state index contributed by atoms with van der Waals surface area (Å²) in [5.74, 6) is -3.74. The van der Waals surface area contributed by atoms with Gasteiger partial charge >= 0.3 is 5.76 Å². The van der Waals surface area contributed by atoms with Crippen LogP contribution in [0, 0.1) is 0 Å². The zero-order valence-corrected chi connectivity index (χ0v) is 16.9. The number of rotatable bonds is 7. The lowest BCUT2D eigenvalue weighted by Crippen LogP contribution is -2.15. The van der Waals surface area contributed by atoms with E-state index in [0.717, 1.165) is 23.4 Å². The first-order valence-corrected chi connectivity index (χ1v) is 10.9. The highest BCUT2D eigenvalue weighted by Crippen LogP contribution is 2.25. The lowest BCUT2D eigenvalue weighted by molar-refractivity contribution is -0.113. The van der Waals surface area contributed by atoms with Crippen molar-refractivity contribution in [2.45, 2.75) is 15.8 Å². The van der Waals surface area contributed by atoms with E-state index in [4.69, 9.17) is 0 Å². The molecule has 1 amide bonds. The highest BCUT2D eigenvalue weighted by Gasteiger charge is 2.26. The Kier molecular flexibility index (Phi) is 6.33. The fourth-order valence-electron chi connectivity index (χ4n) is 2.56. The predicted molar refractivity (Wildman–Crippen MR) is 108 cm³/mol. The van der Waals surface area contributed by atoms with Crippen molar-refractivity contribution in [1.82, 2.24) is 9.55 Å². The summed E-state index contributed by atoms with van der Waals surface area (Å²) in [6.45, 7) is 0. The van der Waals surface area contributed by atoms with Crippen LogP contribution in [-0.4, -0.2) is 35.4 Å². The average Bonchev–Trinajstić information content (AvgIpc) is 3.08. The second-order valence-electron chi connectivity index (χ2n) is 6.02. The highest BCUT2D eigenvalue weighted by atomic mass is 32.2. The Morgan fingerprint density at radius 1 is 1.14 bits per heavy atom. The van der Waals surface area contributed by atoms with Crippen molar-refractivity contribution in [3.63, 3.8) is 0 Å². The van der Waals surface area contributed by atoms with Gasteiger partial charge in [-0.3, -0.25) is 4.79 Å². The van der Waals surface area contributed by atoms with Crippen LogP contribution in [0.3, 0.4) is 0 Å². The van der Waals surface area contributed by atoms with Crippen LogP contribution < -0.4 is 5.32 Å². The van der Waals surface area contributed by atoms with Crippen molar-refractivity contribution in [3.05, 3.63) is 60.8 Å². The number of imidazole rings is 1. The number of thioether (sulfide) groups is 1. The molecular weight excluding hydrogens is 420 g/mol. The lowest BCUT2D eigenvalue weighted by atomic mass is 10.2. The maximum absolute atomic E-state index is 12.5. The van der Waals surface area contributed by atoms with Crippen LogP contribution in [0.25, 0.3) is 11.3 Å². The second-order valence-corrected chi connectivity index (χ2v) is 8.88. The van der Waals surface area contributed by atoms with E-state index >= 15 is 0 Å². The molecule has 6 nitrogen and oxygen atoms in total. The maximum Gasteiger partial charge on any atom is 0.341 e. The molecule has 0 saturated heterocycles. The van der Waals surface area contributed by atoms with Crippen LogP contribution >= 0.6 is 11.8 Å². The molecule has 0 atom stereocenters. The van der Waals surface area contributed by atoms with Gasteiger partial charge < -0.3 is 9.88 Å². The van der Waals surface area contributed by atoms with Crippen molar-refractivity contribution in [3.8, 4) is 11.3 Å². The van der Waals surface area contributed by atoms with E-state index in [1.54, 1.807) is 6.20 Å². The van der Waals surface area contributed by atoms with Gasteiger partial charge in [0.1, 0.15) is 0 Å². The Morgan fingerprint density at radius 2 is 1.79 bits per heavy atom. The Balaban J connectivity index is 1.60. The standard InChI is InChI=1S/C19H17F2N3O3S2/c1-24-16(13-5-3-2-4-6-13)11-22-19(24)28-12-17(25)23-14-7-9-15(10-8-14)29(26,27)18(20)21/h2-11,18H,12H2,1H3,(H,23,25). The van der Waals surface area contributed by atoms with Gasteiger partial charge in [0, 0.05) is 12.7 Å². The third-order valence-corrected chi connectivity index (χ3v) is 6.49. The largest absolute Gasteiger partial charge is 0.341 e. The first kappa shape index (κ1) is 21.0. The van der Waals surface area contributed by atoms with Crippen molar-refractivity contribution in [2.75, 3.05) is 11.1 Å². The Hall–Kier alpha value is -2.72. The van der Waals surface area contributed by atoms with Gasteiger partial charge in [-0.25, -0.2) is 13.4 Å². The predicted octanol–water partition coefficient (Wildman–Crippen LogP) is 3.81. The Labute approximate surface area is 170 Å². The zero-order valence-electron chi connectivity index (χ0n) is 15.2. The van der Waals surface area contributed by atoms with Gasteiger partial charge in [-0.1, -0.05) is 42.1 Å². The third-order valence-electron chi connectivity index (χ3n) is 4.05. The smallest absolute Gasteiger partial charge is 0.325 e. The van der Waals surface area contributed by atoms with Crippen LogP contribution in [0.2, 0.25) is 0 Å². The summed E-state index contributed by atoms with van der Waals surface area (Å²) in [5.41, 5.74) is 2.25. The van der Waals surface area contributed by atoms with Gasteiger partial charge in [0.05, 0.1) is 22.5 Å². The van der Waals surface area contributed by atoms with Gasteiger partial charge in [0.25, 0.3) is 0 Å². The molecule has 3 aromatic rings. The number of carbonyl (C=O) groups is 1.